The Bertz CT molecular complexity index is 1220. The molecule has 0 aliphatic heterocycles. The van der Waals surface area contributed by atoms with Crippen molar-refractivity contribution in [1.82, 2.24) is 9.88 Å². The van der Waals surface area contributed by atoms with Crippen molar-refractivity contribution in [2.45, 2.75) is 20.4 Å². The molecule has 0 spiro atoms. The number of aromatic nitrogens is 2. The SMILES string of the molecule is CCN(CC)Cc1c(O)ccc2cc(-c3[nH]c4ccccc4[n+]3C)c(=O)oc12. The molecule has 28 heavy (non-hydrogen) atoms. The summed E-state index contributed by atoms with van der Waals surface area (Å²) in [4.78, 5) is 18.3. The molecule has 0 saturated heterocycles. The number of phenolic OH excluding ortho intramolecular Hbond substituents is 1. The van der Waals surface area contributed by atoms with Gasteiger partial charge in [0, 0.05) is 11.9 Å². The molecule has 6 heteroatoms. The van der Waals surface area contributed by atoms with E-state index in [9.17, 15) is 9.90 Å². The number of para-hydroxylation sites is 2. The highest BCUT2D eigenvalue weighted by Crippen LogP contribution is 2.29. The predicted octanol–water partition coefficient (Wildman–Crippen LogP) is 3.31. The van der Waals surface area contributed by atoms with Crippen LogP contribution in [-0.4, -0.2) is 28.1 Å². The lowest BCUT2D eigenvalue weighted by Gasteiger charge is -2.19. The quantitative estimate of drug-likeness (QED) is 0.413. The van der Waals surface area contributed by atoms with Crippen LogP contribution < -0.4 is 10.2 Å². The van der Waals surface area contributed by atoms with E-state index in [0.29, 0.717) is 29.1 Å². The number of nitrogens with one attached hydrogen (secondary N) is 1. The number of aromatic amines is 1. The fourth-order valence-electron chi connectivity index (χ4n) is 3.67. The molecule has 0 atom stereocenters. The zero-order chi connectivity index (χ0) is 19.8. The molecule has 6 nitrogen and oxygen atoms in total. The molecular weight excluding hydrogens is 354 g/mol. The van der Waals surface area contributed by atoms with Gasteiger partial charge in [0.2, 0.25) is 0 Å². The molecule has 2 heterocycles. The van der Waals surface area contributed by atoms with Crippen LogP contribution in [0.4, 0.5) is 0 Å². The van der Waals surface area contributed by atoms with Crippen LogP contribution >= 0.6 is 0 Å². The monoisotopic (exact) mass is 378 g/mol. The Kier molecular flexibility index (Phi) is 4.65. The molecule has 0 aliphatic carbocycles. The standard InChI is InChI=1S/C22H23N3O3/c1-4-25(5-2)13-16-19(26)11-10-14-12-15(22(27)28-20(14)16)21-23-17-8-6-7-9-18(17)24(21)3/h6-12H,4-5,13H2,1-3H3,(H,23,26,27)/p+1. The number of hydrogen-bond donors (Lipinski definition) is 2. The van der Waals surface area contributed by atoms with Crippen LogP contribution in [0.15, 0.2) is 51.7 Å². The number of imidazole rings is 1. The van der Waals surface area contributed by atoms with Gasteiger partial charge in [-0.25, -0.2) is 14.3 Å². The van der Waals surface area contributed by atoms with Crippen LogP contribution in [0, 0.1) is 0 Å². The number of benzene rings is 2. The molecule has 0 amide bonds. The normalized spacial score (nSPS) is 11.7. The lowest BCUT2D eigenvalue weighted by Crippen LogP contribution is -2.30. The molecular formula is C22H24N3O3+. The molecule has 4 rings (SSSR count). The van der Waals surface area contributed by atoms with Gasteiger partial charge in [-0.15, -0.1) is 0 Å². The van der Waals surface area contributed by atoms with Gasteiger partial charge in [0.05, 0.1) is 12.6 Å². The Hall–Kier alpha value is -3.12. The third-order valence-corrected chi connectivity index (χ3v) is 5.37. The molecule has 0 bridgehead atoms. The fraction of sp³-hybridized carbons (Fsp3) is 0.273. The molecule has 2 aromatic carbocycles. The summed E-state index contributed by atoms with van der Waals surface area (Å²) in [6.07, 6.45) is 0. The number of aromatic hydroxyl groups is 1. The number of fused-ring (bicyclic) bond motifs is 2. The van der Waals surface area contributed by atoms with Gasteiger partial charge < -0.3 is 9.52 Å². The van der Waals surface area contributed by atoms with Crippen molar-refractivity contribution in [2.24, 2.45) is 7.05 Å². The van der Waals surface area contributed by atoms with Crippen molar-refractivity contribution < 1.29 is 14.1 Å². The van der Waals surface area contributed by atoms with E-state index >= 15 is 0 Å². The van der Waals surface area contributed by atoms with E-state index < -0.39 is 5.63 Å². The van der Waals surface area contributed by atoms with Gasteiger partial charge in [-0.1, -0.05) is 26.0 Å². The van der Waals surface area contributed by atoms with E-state index in [2.05, 4.69) is 23.7 Å². The predicted molar refractivity (Wildman–Crippen MR) is 109 cm³/mol. The summed E-state index contributed by atoms with van der Waals surface area (Å²) >= 11 is 0. The summed E-state index contributed by atoms with van der Waals surface area (Å²) in [6.45, 7) is 6.35. The third kappa shape index (κ3) is 2.96. The Morgan fingerprint density at radius 2 is 1.89 bits per heavy atom. The van der Waals surface area contributed by atoms with Crippen LogP contribution in [0.25, 0.3) is 33.4 Å². The Morgan fingerprint density at radius 1 is 1.14 bits per heavy atom. The second kappa shape index (κ2) is 7.13. The number of H-pyrrole nitrogens is 1. The van der Waals surface area contributed by atoms with Crippen molar-refractivity contribution in [3.05, 3.63) is 58.4 Å². The van der Waals surface area contributed by atoms with E-state index in [4.69, 9.17) is 4.42 Å². The van der Waals surface area contributed by atoms with Crippen molar-refractivity contribution in [3.8, 4) is 17.1 Å². The second-order valence-electron chi connectivity index (χ2n) is 6.94. The maximum atomic E-state index is 12.9. The van der Waals surface area contributed by atoms with E-state index in [0.717, 1.165) is 29.5 Å². The van der Waals surface area contributed by atoms with Gasteiger partial charge in [-0.05, 0) is 43.4 Å². The minimum absolute atomic E-state index is 0.145. The highest BCUT2D eigenvalue weighted by molar-refractivity contribution is 5.85. The largest absolute Gasteiger partial charge is 0.507 e. The topological polar surface area (TPSA) is 73.3 Å². The van der Waals surface area contributed by atoms with Crippen LogP contribution in [0.2, 0.25) is 0 Å². The molecule has 0 radical (unpaired) electrons. The summed E-state index contributed by atoms with van der Waals surface area (Å²) in [6, 6.07) is 13.2. The summed E-state index contributed by atoms with van der Waals surface area (Å²) in [5.41, 5.74) is 3.08. The van der Waals surface area contributed by atoms with E-state index in [1.807, 2.05) is 41.9 Å². The lowest BCUT2D eigenvalue weighted by atomic mass is 10.1. The number of hydrogen-bond acceptors (Lipinski definition) is 4. The van der Waals surface area contributed by atoms with Crippen LogP contribution in [0.3, 0.4) is 0 Å². The highest BCUT2D eigenvalue weighted by Gasteiger charge is 2.23. The fourth-order valence-corrected chi connectivity index (χ4v) is 3.67. The summed E-state index contributed by atoms with van der Waals surface area (Å²) < 4.78 is 7.67. The van der Waals surface area contributed by atoms with Crippen LogP contribution in [-0.2, 0) is 13.6 Å². The Morgan fingerprint density at radius 3 is 2.61 bits per heavy atom. The number of nitrogens with zero attached hydrogens (tertiary/aromatic N) is 2. The first-order valence-electron chi connectivity index (χ1n) is 9.51. The van der Waals surface area contributed by atoms with Crippen molar-refractivity contribution in [1.29, 1.82) is 0 Å². The number of phenols is 1. The van der Waals surface area contributed by atoms with E-state index in [-0.39, 0.29) is 5.75 Å². The lowest BCUT2D eigenvalue weighted by molar-refractivity contribution is -0.633. The Labute approximate surface area is 162 Å². The average Bonchev–Trinajstić information content (AvgIpc) is 3.04. The Balaban J connectivity index is 1.91. The third-order valence-electron chi connectivity index (χ3n) is 5.37. The summed E-state index contributed by atoms with van der Waals surface area (Å²) in [7, 11) is 1.92. The summed E-state index contributed by atoms with van der Waals surface area (Å²) in [5.74, 6) is 0.835. The molecule has 0 unspecified atom stereocenters. The van der Waals surface area contributed by atoms with Gasteiger partial charge >= 0.3 is 5.63 Å². The smallest absolute Gasteiger partial charge is 0.352 e. The average molecular weight is 378 g/mol. The molecule has 0 saturated carbocycles. The van der Waals surface area contributed by atoms with Gasteiger partial charge in [0.1, 0.15) is 11.3 Å². The van der Waals surface area contributed by atoms with Gasteiger partial charge in [0.25, 0.3) is 5.82 Å². The summed E-state index contributed by atoms with van der Waals surface area (Å²) in [5, 5.41) is 11.2. The van der Waals surface area contributed by atoms with E-state index in [1.165, 1.54) is 0 Å². The van der Waals surface area contributed by atoms with Crippen molar-refractivity contribution >= 4 is 22.0 Å². The first-order chi connectivity index (χ1) is 13.5. The van der Waals surface area contributed by atoms with Gasteiger partial charge in [0.15, 0.2) is 16.6 Å². The molecule has 4 aromatic rings. The molecule has 2 aromatic heterocycles. The second-order valence-corrected chi connectivity index (χ2v) is 6.94. The molecule has 2 N–H and O–H groups in total. The van der Waals surface area contributed by atoms with Crippen LogP contribution in [0.1, 0.15) is 19.4 Å². The maximum Gasteiger partial charge on any atom is 0.352 e. The first kappa shape index (κ1) is 18.3. The highest BCUT2D eigenvalue weighted by atomic mass is 16.4. The van der Waals surface area contributed by atoms with Gasteiger partial charge in [-0.3, -0.25) is 4.90 Å². The first-order valence-corrected chi connectivity index (χ1v) is 9.51. The number of rotatable bonds is 5. The minimum Gasteiger partial charge on any atom is -0.507 e. The van der Waals surface area contributed by atoms with Gasteiger partial charge in [-0.2, -0.15) is 0 Å². The zero-order valence-corrected chi connectivity index (χ0v) is 16.3. The maximum absolute atomic E-state index is 12.9. The number of aryl methyl sites for hydroxylation is 1. The van der Waals surface area contributed by atoms with Crippen molar-refractivity contribution in [3.63, 3.8) is 0 Å². The minimum atomic E-state index is -0.430. The van der Waals surface area contributed by atoms with Crippen LogP contribution in [0.5, 0.6) is 5.75 Å². The zero-order valence-electron chi connectivity index (χ0n) is 16.3. The molecule has 144 valence electrons. The van der Waals surface area contributed by atoms with E-state index in [1.54, 1.807) is 12.1 Å². The molecule has 0 fully saturated rings. The molecule has 0 aliphatic rings. The van der Waals surface area contributed by atoms with Crippen molar-refractivity contribution in [2.75, 3.05) is 13.1 Å².